The highest BCUT2D eigenvalue weighted by molar-refractivity contribution is 4.87. The van der Waals surface area contributed by atoms with Crippen LogP contribution in [0.25, 0.3) is 0 Å². The molecular formula is C12H15F3N2O2. The summed E-state index contributed by atoms with van der Waals surface area (Å²) in [6.45, 7) is -1.01. The topological polar surface area (TPSA) is 44.0 Å². The van der Waals surface area contributed by atoms with Crippen molar-refractivity contribution in [3.63, 3.8) is 0 Å². The fraction of sp³-hybridized carbons (Fsp3) is 0.667. The van der Waals surface area contributed by atoms with Crippen LogP contribution in [0.1, 0.15) is 25.7 Å². The van der Waals surface area contributed by atoms with Crippen LogP contribution in [0.2, 0.25) is 0 Å². The minimum Gasteiger partial charge on any atom is -0.309 e. The summed E-state index contributed by atoms with van der Waals surface area (Å²) in [7, 11) is 0. The summed E-state index contributed by atoms with van der Waals surface area (Å²) >= 11 is 0. The molecule has 1 aliphatic rings. The van der Waals surface area contributed by atoms with Crippen molar-refractivity contribution in [1.82, 2.24) is 9.13 Å². The van der Waals surface area contributed by atoms with Gasteiger partial charge in [0.25, 0.3) is 0 Å². The predicted octanol–water partition coefficient (Wildman–Crippen LogP) is 1.76. The molecule has 0 bridgehead atoms. The van der Waals surface area contributed by atoms with Gasteiger partial charge in [-0.15, -0.1) is 0 Å². The van der Waals surface area contributed by atoms with E-state index in [1.807, 2.05) is 0 Å². The minimum atomic E-state index is -4.51. The van der Waals surface area contributed by atoms with Crippen LogP contribution in [0.3, 0.4) is 0 Å². The maximum Gasteiger partial charge on any atom is 0.406 e. The van der Waals surface area contributed by atoms with Crippen molar-refractivity contribution >= 4 is 0 Å². The molecule has 0 aromatic carbocycles. The van der Waals surface area contributed by atoms with Crippen molar-refractivity contribution in [2.24, 2.45) is 5.92 Å². The SMILES string of the molecule is O=c1c(=O)n(CC(F)(F)F)ccn1CC1CCCC1. The fourth-order valence-corrected chi connectivity index (χ4v) is 2.47. The summed E-state index contributed by atoms with van der Waals surface area (Å²) in [5, 5.41) is 0. The highest BCUT2D eigenvalue weighted by Gasteiger charge is 2.29. The fourth-order valence-electron chi connectivity index (χ4n) is 2.47. The number of nitrogens with zero attached hydrogens (tertiary/aromatic N) is 2. The molecule has 0 radical (unpaired) electrons. The lowest BCUT2D eigenvalue weighted by Crippen LogP contribution is -2.43. The molecule has 0 atom stereocenters. The van der Waals surface area contributed by atoms with Crippen molar-refractivity contribution in [1.29, 1.82) is 0 Å². The van der Waals surface area contributed by atoms with Gasteiger partial charge in [0, 0.05) is 18.9 Å². The van der Waals surface area contributed by atoms with Crippen molar-refractivity contribution < 1.29 is 13.2 Å². The first-order valence-corrected chi connectivity index (χ1v) is 6.23. The van der Waals surface area contributed by atoms with Gasteiger partial charge in [-0.2, -0.15) is 13.2 Å². The minimum absolute atomic E-state index is 0.343. The lowest BCUT2D eigenvalue weighted by molar-refractivity contribution is -0.141. The standard InChI is InChI=1S/C12H15F3N2O2/c13-12(14,15)8-17-6-5-16(10(18)11(17)19)7-9-3-1-2-4-9/h5-6,9H,1-4,7-8H2. The van der Waals surface area contributed by atoms with Crippen LogP contribution in [0.4, 0.5) is 13.2 Å². The number of alkyl halides is 3. The average molecular weight is 276 g/mol. The number of hydrogen-bond acceptors (Lipinski definition) is 2. The molecule has 1 aliphatic carbocycles. The lowest BCUT2D eigenvalue weighted by Gasteiger charge is -2.13. The largest absolute Gasteiger partial charge is 0.406 e. The van der Waals surface area contributed by atoms with Crippen LogP contribution in [0.5, 0.6) is 0 Å². The van der Waals surface area contributed by atoms with Crippen LogP contribution >= 0.6 is 0 Å². The number of aromatic nitrogens is 2. The zero-order valence-electron chi connectivity index (χ0n) is 10.3. The van der Waals surface area contributed by atoms with E-state index in [0.29, 0.717) is 17.0 Å². The molecule has 0 amide bonds. The number of hydrogen-bond donors (Lipinski definition) is 0. The van der Waals surface area contributed by atoms with E-state index < -0.39 is 23.8 Å². The maximum absolute atomic E-state index is 12.2. The van der Waals surface area contributed by atoms with E-state index in [4.69, 9.17) is 0 Å². The Bertz CT molecular complexity index is 553. The summed E-state index contributed by atoms with van der Waals surface area (Å²) in [6, 6.07) is 0. The van der Waals surface area contributed by atoms with Gasteiger partial charge < -0.3 is 9.13 Å². The molecule has 106 valence electrons. The van der Waals surface area contributed by atoms with E-state index in [2.05, 4.69) is 0 Å². The van der Waals surface area contributed by atoms with E-state index >= 15 is 0 Å². The molecule has 1 fully saturated rings. The first kappa shape index (κ1) is 13.9. The Balaban J connectivity index is 2.22. The van der Waals surface area contributed by atoms with Gasteiger partial charge in [-0.1, -0.05) is 12.8 Å². The number of halogens is 3. The first-order valence-electron chi connectivity index (χ1n) is 6.23. The maximum atomic E-state index is 12.2. The molecule has 4 nitrogen and oxygen atoms in total. The molecule has 1 heterocycles. The van der Waals surface area contributed by atoms with Crippen LogP contribution in [0.15, 0.2) is 22.0 Å². The Morgan fingerprint density at radius 1 is 1.05 bits per heavy atom. The summed E-state index contributed by atoms with van der Waals surface area (Å²) in [5.74, 6) is 0.343. The van der Waals surface area contributed by atoms with E-state index in [0.717, 1.165) is 31.9 Å². The zero-order valence-corrected chi connectivity index (χ0v) is 10.3. The molecule has 1 saturated carbocycles. The molecule has 19 heavy (non-hydrogen) atoms. The predicted molar refractivity (Wildman–Crippen MR) is 63.0 cm³/mol. The third kappa shape index (κ3) is 3.48. The van der Waals surface area contributed by atoms with Crippen LogP contribution < -0.4 is 11.1 Å². The van der Waals surface area contributed by atoms with Gasteiger partial charge in [-0.3, -0.25) is 9.59 Å². The van der Waals surface area contributed by atoms with E-state index in [-0.39, 0.29) is 0 Å². The highest BCUT2D eigenvalue weighted by atomic mass is 19.4. The molecule has 0 saturated heterocycles. The van der Waals surface area contributed by atoms with Crippen molar-refractivity contribution in [2.75, 3.05) is 0 Å². The second-order valence-electron chi connectivity index (χ2n) is 4.95. The smallest absolute Gasteiger partial charge is 0.309 e. The molecule has 2 rings (SSSR count). The molecule has 7 heteroatoms. The second-order valence-corrected chi connectivity index (χ2v) is 4.95. The van der Waals surface area contributed by atoms with Crippen molar-refractivity contribution in [2.45, 2.75) is 44.9 Å². The molecular weight excluding hydrogens is 261 g/mol. The zero-order chi connectivity index (χ0) is 14.0. The molecule has 1 aromatic heterocycles. The normalized spacial score (nSPS) is 17.0. The summed E-state index contributed by atoms with van der Waals surface area (Å²) in [4.78, 5) is 23.3. The van der Waals surface area contributed by atoms with E-state index in [9.17, 15) is 22.8 Å². The van der Waals surface area contributed by atoms with Gasteiger partial charge in [-0.25, -0.2) is 0 Å². The summed E-state index contributed by atoms with van der Waals surface area (Å²) in [5.41, 5.74) is -1.99. The van der Waals surface area contributed by atoms with Gasteiger partial charge in [0.1, 0.15) is 6.54 Å². The van der Waals surface area contributed by atoms with Crippen LogP contribution in [0, 0.1) is 5.92 Å². The number of rotatable bonds is 3. The molecule has 1 aromatic rings. The molecule has 0 aliphatic heterocycles. The first-order chi connectivity index (χ1) is 8.87. The van der Waals surface area contributed by atoms with E-state index in [1.54, 1.807) is 0 Å². The molecule has 0 N–H and O–H groups in total. The van der Waals surface area contributed by atoms with Gasteiger partial charge in [-0.05, 0) is 18.8 Å². The summed E-state index contributed by atoms with van der Waals surface area (Å²) in [6.07, 6.45) is 2.00. The van der Waals surface area contributed by atoms with Gasteiger partial charge >= 0.3 is 17.3 Å². The Morgan fingerprint density at radius 3 is 2.16 bits per heavy atom. The molecule has 0 spiro atoms. The van der Waals surface area contributed by atoms with Crippen molar-refractivity contribution in [3.05, 3.63) is 33.1 Å². The summed E-state index contributed by atoms with van der Waals surface area (Å²) < 4.78 is 38.3. The van der Waals surface area contributed by atoms with Gasteiger partial charge in [0.2, 0.25) is 0 Å². The quantitative estimate of drug-likeness (QED) is 0.790. The van der Waals surface area contributed by atoms with Crippen molar-refractivity contribution in [3.8, 4) is 0 Å². The van der Waals surface area contributed by atoms with Gasteiger partial charge in [0.15, 0.2) is 0 Å². The van der Waals surface area contributed by atoms with Crippen LogP contribution in [-0.4, -0.2) is 15.3 Å². The Morgan fingerprint density at radius 2 is 1.58 bits per heavy atom. The van der Waals surface area contributed by atoms with Crippen LogP contribution in [-0.2, 0) is 13.1 Å². The Hall–Kier alpha value is -1.53. The Kier molecular flexibility index (Phi) is 3.82. The Labute approximate surface area is 107 Å². The molecule has 0 unspecified atom stereocenters. The average Bonchev–Trinajstić information content (AvgIpc) is 2.80. The van der Waals surface area contributed by atoms with E-state index in [1.165, 1.54) is 10.8 Å². The monoisotopic (exact) mass is 276 g/mol. The third-order valence-corrected chi connectivity index (χ3v) is 3.41. The second kappa shape index (κ2) is 5.22. The third-order valence-electron chi connectivity index (χ3n) is 3.41. The highest BCUT2D eigenvalue weighted by Crippen LogP contribution is 2.25. The van der Waals surface area contributed by atoms with Gasteiger partial charge in [0.05, 0.1) is 0 Å². The lowest BCUT2D eigenvalue weighted by atomic mass is 10.1.